The van der Waals surface area contributed by atoms with Crippen LogP contribution < -0.4 is 5.32 Å². The van der Waals surface area contributed by atoms with Crippen LogP contribution in [-0.4, -0.2) is 16.8 Å². The van der Waals surface area contributed by atoms with Crippen LogP contribution in [0.15, 0.2) is 24.3 Å². The molecule has 2 aromatic rings. The molecule has 0 saturated carbocycles. The van der Waals surface area contributed by atoms with Crippen LogP contribution in [0.1, 0.15) is 29.9 Å². The van der Waals surface area contributed by atoms with Gasteiger partial charge in [-0.1, -0.05) is 29.8 Å². The summed E-state index contributed by atoms with van der Waals surface area (Å²) in [5.74, 6) is 0. The molecule has 1 aromatic heterocycles. The van der Waals surface area contributed by atoms with Gasteiger partial charge in [0, 0.05) is 22.6 Å². The van der Waals surface area contributed by atoms with Crippen LogP contribution in [0.5, 0.6) is 0 Å². The van der Waals surface area contributed by atoms with E-state index in [1.165, 1.54) is 9.13 Å². The van der Waals surface area contributed by atoms with E-state index in [0.717, 1.165) is 29.4 Å². The molecule has 2 rings (SSSR count). The van der Waals surface area contributed by atoms with E-state index in [9.17, 15) is 0 Å². The molecule has 1 N–H and O–H groups in total. The van der Waals surface area contributed by atoms with Crippen LogP contribution in [-0.2, 0) is 13.0 Å². The zero-order valence-corrected chi connectivity index (χ0v) is 14.9. The molecule has 20 heavy (non-hydrogen) atoms. The summed E-state index contributed by atoms with van der Waals surface area (Å²) in [5, 5.41) is 8.67. The van der Waals surface area contributed by atoms with E-state index >= 15 is 0 Å². The summed E-state index contributed by atoms with van der Waals surface area (Å²) in [6.07, 6.45) is 0.837. The fraction of sp³-hybridized carbons (Fsp3) is 0.400. The Kier molecular flexibility index (Phi) is 5.46. The van der Waals surface area contributed by atoms with Crippen LogP contribution in [0.4, 0.5) is 0 Å². The van der Waals surface area contributed by atoms with Crippen LogP contribution in [0.25, 0.3) is 0 Å². The highest BCUT2D eigenvalue weighted by Crippen LogP contribution is 2.28. The smallest absolute Gasteiger partial charge is 0.0847 e. The number of halogens is 2. The molecule has 1 heterocycles. The van der Waals surface area contributed by atoms with Gasteiger partial charge in [0.25, 0.3) is 0 Å². The fourth-order valence-electron chi connectivity index (χ4n) is 2.38. The molecule has 0 bridgehead atoms. The first-order valence-corrected chi connectivity index (χ1v) is 8.17. The fourth-order valence-corrected chi connectivity index (χ4v) is 3.36. The van der Waals surface area contributed by atoms with Crippen molar-refractivity contribution in [3.05, 3.63) is 49.8 Å². The Balaban J connectivity index is 2.34. The first kappa shape index (κ1) is 15.8. The highest BCUT2D eigenvalue weighted by atomic mass is 127. The molecule has 1 aromatic carbocycles. The molecule has 1 unspecified atom stereocenters. The quantitative estimate of drug-likeness (QED) is 0.766. The van der Waals surface area contributed by atoms with Crippen molar-refractivity contribution in [2.24, 2.45) is 0 Å². The van der Waals surface area contributed by atoms with Gasteiger partial charge in [-0.25, -0.2) is 0 Å². The normalized spacial score (nSPS) is 12.7. The Morgan fingerprint density at radius 3 is 2.70 bits per heavy atom. The molecular formula is C15H19ClIN3. The molecule has 0 aliphatic carbocycles. The zero-order valence-electron chi connectivity index (χ0n) is 12.0. The minimum absolute atomic E-state index is 0.238. The van der Waals surface area contributed by atoms with Gasteiger partial charge in [0.2, 0.25) is 0 Å². The third kappa shape index (κ3) is 3.18. The average molecular weight is 404 g/mol. The number of likely N-dealkylation sites (N-methyl/N-ethyl adjacent to an activating group) is 1. The average Bonchev–Trinajstić information content (AvgIpc) is 2.73. The van der Waals surface area contributed by atoms with Gasteiger partial charge in [-0.3, -0.25) is 4.68 Å². The van der Waals surface area contributed by atoms with E-state index in [4.69, 9.17) is 11.6 Å². The van der Waals surface area contributed by atoms with E-state index in [1.807, 2.05) is 18.7 Å². The van der Waals surface area contributed by atoms with Gasteiger partial charge in [-0.15, -0.1) is 0 Å². The van der Waals surface area contributed by atoms with Gasteiger partial charge in [0.05, 0.1) is 16.4 Å². The lowest BCUT2D eigenvalue weighted by molar-refractivity contribution is 0.539. The van der Waals surface area contributed by atoms with Crippen LogP contribution in [0.2, 0.25) is 5.02 Å². The summed E-state index contributed by atoms with van der Waals surface area (Å²) < 4.78 is 3.26. The molecule has 0 spiro atoms. The predicted octanol–water partition coefficient (Wildman–Crippen LogP) is 3.97. The van der Waals surface area contributed by atoms with E-state index < -0.39 is 0 Å². The van der Waals surface area contributed by atoms with Crippen molar-refractivity contribution in [2.75, 3.05) is 7.05 Å². The molecule has 0 saturated heterocycles. The summed E-state index contributed by atoms with van der Waals surface area (Å²) in [6, 6.07) is 8.67. The second-order valence-corrected chi connectivity index (χ2v) is 6.27. The Morgan fingerprint density at radius 1 is 1.40 bits per heavy atom. The van der Waals surface area contributed by atoms with Crippen LogP contribution >= 0.6 is 34.2 Å². The molecule has 3 nitrogen and oxygen atoms in total. The van der Waals surface area contributed by atoms with Gasteiger partial charge in [0.15, 0.2) is 0 Å². The van der Waals surface area contributed by atoms with E-state index in [-0.39, 0.29) is 6.04 Å². The minimum Gasteiger partial charge on any atom is -0.313 e. The highest BCUT2D eigenvalue weighted by molar-refractivity contribution is 14.1. The summed E-state index contributed by atoms with van der Waals surface area (Å²) in [6.45, 7) is 4.89. The largest absolute Gasteiger partial charge is 0.313 e. The first-order valence-electron chi connectivity index (χ1n) is 6.72. The molecule has 1 atom stereocenters. The van der Waals surface area contributed by atoms with Crippen molar-refractivity contribution in [3.8, 4) is 0 Å². The minimum atomic E-state index is 0.238. The lowest BCUT2D eigenvalue weighted by atomic mass is 10.0. The van der Waals surface area contributed by atoms with Crippen molar-refractivity contribution in [1.82, 2.24) is 15.1 Å². The van der Waals surface area contributed by atoms with Crippen molar-refractivity contribution in [1.29, 1.82) is 0 Å². The Hall–Kier alpha value is -0.590. The molecule has 0 aliphatic heterocycles. The number of rotatable bonds is 5. The summed E-state index contributed by atoms with van der Waals surface area (Å²) in [4.78, 5) is 0. The molecule has 0 radical (unpaired) electrons. The van der Waals surface area contributed by atoms with Gasteiger partial charge >= 0.3 is 0 Å². The number of aromatic nitrogens is 2. The number of aryl methyl sites for hydroxylation is 2. The Morgan fingerprint density at radius 2 is 2.10 bits per heavy atom. The topological polar surface area (TPSA) is 29.9 Å². The third-order valence-electron chi connectivity index (χ3n) is 3.48. The molecule has 0 aliphatic rings. The van der Waals surface area contributed by atoms with Crippen LogP contribution in [0, 0.1) is 10.5 Å². The number of hydrogen-bond acceptors (Lipinski definition) is 2. The molecular weight excluding hydrogens is 385 g/mol. The summed E-state index contributed by atoms with van der Waals surface area (Å²) in [5.41, 5.74) is 3.31. The van der Waals surface area contributed by atoms with Gasteiger partial charge in [-0.2, -0.15) is 5.10 Å². The molecule has 0 amide bonds. The second-order valence-electron chi connectivity index (χ2n) is 4.73. The van der Waals surface area contributed by atoms with Gasteiger partial charge in [-0.05, 0) is 55.1 Å². The lowest BCUT2D eigenvalue weighted by Gasteiger charge is -2.19. The lowest BCUT2D eigenvalue weighted by Crippen LogP contribution is -2.21. The maximum absolute atomic E-state index is 6.41. The second kappa shape index (κ2) is 6.91. The number of benzene rings is 1. The molecule has 108 valence electrons. The number of nitrogens with zero attached hydrogens (tertiary/aromatic N) is 2. The van der Waals surface area contributed by atoms with Crippen molar-refractivity contribution >= 4 is 34.2 Å². The number of hydrogen-bond donors (Lipinski definition) is 1. The predicted molar refractivity (Wildman–Crippen MR) is 92.3 cm³/mol. The van der Waals surface area contributed by atoms with Crippen molar-refractivity contribution in [3.63, 3.8) is 0 Å². The van der Waals surface area contributed by atoms with Gasteiger partial charge in [0.1, 0.15) is 0 Å². The number of nitrogens with one attached hydrogen (secondary N) is 1. The van der Waals surface area contributed by atoms with E-state index in [0.29, 0.717) is 0 Å². The maximum atomic E-state index is 6.41. The van der Waals surface area contributed by atoms with Crippen molar-refractivity contribution in [2.45, 2.75) is 32.9 Å². The first-order chi connectivity index (χ1) is 9.58. The van der Waals surface area contributed by atoms with Gasteiger partial charge < -0.3 is 5.32 Å². The SMILES string of the molecule is CCn1nc(C)c(Cl)c1CC(NC)c1ccccc1I. The molecule has 5 heteroatoms. The van der Waals surface area contributed by atoms with E-state index in [1.54, 1.807) is 0 Å². The van der Waals surface area contributed by atoms with E-state index in [2.05, 4.69) is 64.2 Å². The zero-order chi connectivity index (χ0) is 14.7. The third-order valence-corrected chi connectivity index (χ3v) is 4.95. The standard InChI is InChI=1S/C15H19ClIN3/c1-4-20-14(15(16)10(2)19-20)9-13(18-3)11-7-5-6-8-12(11)17/h5-8,13,18H,4,9H2,1-3H3. The summed E-state index contributed by atoms with van der Waals surface area (Å²) >= 11 is 8.79. The monoisotopic (exact) mass is 403 g/mol. The Labute approximate surface area is 138 Å². The van der Waals surface area contributed by atoms with Crippen LogP contribution in [0.3, 0.4) is 0 Å². The van der Waals surface area contributed by atoms with Crippen molar-refractivity contribution < 1.29 is 0 Å². The highest BCUT2D eigenvalue weighted by Gasteiger charge is 2.19. The summed E-state index contributed by atoms with van der Waals surface area (Å²) in [7, 11) is 1.99. The Bertz CT molecular complexity index is 595. The maximum Gasteiger partial charge on any atom is 0.0847 e. The molecule has 0 fully saturated rings.